The number of hydrogen-bond donors (Lipinski definition) is 1. The number of hydrogen-bond acceptors (Lipinski definition) is 3. The molecule has 0 aliphatic rings. The van der Waals surface area contributed by atoms with Crippen LogP contribution in [-0.4, -0.2) is 28.0 Å². The lowest BCUT2D eigenvalue weighted by Crippen LogP contribution is -2.37. The number of nitrogens with zero attached hydrogens (tertiary/aromatic N) is 2. The van der Waals surface area contributed by atoms with Crippen LogP contribution in [-0.2, 0) is 18.3 Å². The normalized spacial score (nSPS) is 11.8. The monoisotopic (exact) mass is 351 g/mol. The molecule has 0 saturated heterocycles. The van der Waals surface area contributed by atoms with Gasteiger partial charge < -0.3 is 10.1 Å². The molecule has 1 atom stereocenters. The van der Waals surface area contributed by atoms with Gasteiger partial charge in [-0.15, -0.1) is 0 Å². The third kappa shape index (κ3) is 3.85. The zero-order valence-corrected chi connectivity index (χ0v) is 14.2. The Kier molecular flexibility index (Phi) is 5.22. The molecule has 1 heterocycles. The predicted octanol–water partition coefficient (Wildman–Crippen LogP) is 2.77. The van der Waals surface area contributed by atoms with Crippen molar-refractivity contribution in [3.8, 4) is 11.3 Å². The summed E-state index contributed by atoms with van der Waals surface area (Å²) < 4.78 is 15.6. The number of rotatable bonds is 6. The maximum Gasteiger partial charge on any atom is 0.255 e. The van der Waals surface area contributed by atoms with Crippen LogP contribution >= 0.6 is 0 Å². The molecule has 3 aromatic rings. The van der Waals surface area contributed by atoms with E-state index in [0.29, 0.717) is 12.7 Å². The van der Waals surface area contributed by atoms with Crippen molar-refractivity contribution in [2.45, 2.75) is 12.5 Å². The molecule has 1 unspecified atom stereocenters. The van der Waals surface area contributed by atoms with Crippen LogP contribution in [0.3, 0.4) is 0 Å². The minimum absolute atomic E-state index is 0.220. The van der Waals surface area contributed by atoms with Crippen molar-refractivity contribution >= 4 is 12.2 Å². The lowest BCUT2D eigenvalue weighted by atomic mass is 10.0. The van der Waals surface area contributed by atoms with E-state index in [1.807, 2.05) is 30.3 Å². The van der Waals surface area contributed by atoms with E-state index >= 15 is 0 Å². The summed E-state index contributed by atoms with van der Waals surface area (Å²) in [7, 11) is 1.66. The number of aldehydes is 1. The Morgan fingerprint density at radius 1 is 1.19 bits per heavy atom. The first kappa shape index (κ1) is 17.5. The van der Waals surface area contributed by atoms with Gasteiger partial charge in [0.25, 0.3) is 5.91 Å². The van der Waals surface area contributed by atoms with E-state index < -0.39 is 17.8 Å². The van der Waals surface area contributed by atoms with Crippen molar-refractivity contribution in [3.05, 3.63) is 77.7 Å². The van der Waals surface area contributed by atoms with Gasteiger partial charge in [-0.25, -0.2) is 4.39 Å². The van der Waals surface area contributed by atoms with Gasteiger partial charge in [0.2, 0.25) is 0 Å². The second-order valence-electron chi connectivity index (χ2n) is 5.95. The summed E-state index contributed by atoms with van der Waals surface area (Å²) in [5, 5.41) is 6.90. The smallest absolute Gasteiger partial charge is 0.255 e. The fourth-order valence-electron chi connectivity index (χ4n) is 2.75. The first-order valence-corrected chi connectivity index (χ1v) is 8.17. The molecule has 2 aromatic carbocycles. The van der Waals surface area contributed by atoms with Crippen molar-refractivity contribution in [2.24, 2.45) is 7.05 Å². The predicted molar refractivity (Wildman–Crippen MR) is 96.1 cm³/mol. The van der Waals surface area contributed by atoms with E-state index in [0.717, 1.165) is 5.56 Å². The first-order valence-electron chi connectivity index (χ1n) is 8.17. The van der Waals surface area contributed by atoms with Crippen molar-refractivity contribution in [1.29, 1.82) is 0 Å². The third-order valence-electron chi connectivity index (χ3n) is 3.98. The minimum Gasteiger partial charge on any atom is -0.342 e. The molecule has 26 heavy (non-hydrogen) atoms. The Morgan fingerprint density at radius 3 is 2.58 bits per heavy atom. The summed E-state index contributed by atoms with van der Waals surface area (Å²) in [6, 6.07) is 14.8. The quantitative estimate of drug-likeness (QED) is 0.695. The molecular formula is C20H18FN3O2. The Hall–Kier alpha value is -3.28. The van der Waals surface area contributed by atoms with E-state index in [1.165, 1.54) is 16.9 Å². The van der Waals surface area contributed by atoms with E-state index in [-0.39, 0.29) is 16.8 Å². The molecule has 0 aliphatic carbocycles. The zero-order chi connectivity index (χ0) is 18.5. The van der Waals surface area contributed by atoms with Gasteiger partial charge in [0.15, 0.2) is 0 Å². The summed E-state index contributed by atoms with van der Waals surface area (Å²) in [5.74, 6) is -0.930. The van der Waals surface area contributed by atoms with Crippen LogP contribution in [0.1, 0.15) is 15.9 Å². The van der Waals surface area contributed by atoms with Gasteiger partial charge in [-0.05, 0) is 24.1 Å². The van der Waals surface area contributed by atoms with Gasteiger partial charge in [0.1, 0.15) is 17.8 Å². The van der Waals surface area contributed by atoms with Crippen LogP contribution in [0.2, 0.25) is 0 Å². The molecule has 132 valence electrons. The second-order valence-corrected chi connectivity index (χ2v) is 5.95. The molecule has 0 radical (unpaired) electrons. The fourth-order valence-corrected chi connectivity index (χ4v) is 2.75. The molecule has 0 spiro atoms. The number of aryl methyl sites for hydroxylation is 1. The van der Waals surface area contributed by atoms with Crippen LogP contribution in [0.4, 0.5) is 4.39 Å². The van der Waals surface area contributed by atoms with Gasteiger partial charge >= 0.3 is 0 Å². The lowest BCUT2D eigenvalue weighted by molar-refractivity contribution is -0.109. The average Bonchev–Trinajstić information content (AvgIpc) is 3.04. The second kappa shape index (κ2) is 7.74. The van der Waals surface area contributed by atoms with Gasteiger partial charge in [-0.3, -0.25) is 9.48 Å². The highest BCUT2D eigenvalue weighted by Crippen LogP contribution is 2.24. The summed E-state index contributed by atoms with van der Waals surface area (Å²) >= 11 is 0. The number of carbonyl (C=O) groups excluding carboxylic acids is 2. The summed E-state index contributed by atoms with van der Waals surface area (Å²) in [4.78, 5) is 24.1. The molecule has 0 saturated carbocycles. The van der Waals surface area contributed by atoms with Gasteiger partial charge in [-0.2, -0.15) is 5.10 Å². The van der Waals surface area contributed by atoms with Crippen molar-refractivity contribution in [2.75, 3.05) is 0 Å². The zero-order valence-electron chi connectivity index (χ0n) is 14.2. The van der Waals surface area contributed by atoms with Gasteiger partial charge in [-0.1, -0.05) is 42.5 Å². The fraction of sp³-hybridized carbons (Fsp3) is 0.150. The van der Waals surface area contributed by atoms with Crippen LogP contribution in [0, 0.1) is 5.82 Å². The summed E-state index contributed by atoms with van der Waals surface area (Å²) in [6.45, 7) is 0. The van der Waals surface area contributed by atoms with Crippen molar-refractivity contribution in [1.82, 2.24) is 15.1 Å². The number of halogens is 1. The molecule has 6 heteroatoms. The Balaban J connectivity index is 1.84. The summed E-state index contributed by atoms with van der Waals surface area (Å²) in [6.07, 6.45) is 2.59. The number of aromatic nitrogens is 2. The first-order chi connectivity index (χ1) is 12.6. The maximum absolute atomic E-state index is 14.1. The van der Waals surface area contributed by atoms with Crippen LogP contribution in [0.15, 0.2) is 60.8 Å². The minimum atomic E-state index is -0.682. The molecule has 0 aliphatic heterocycles. The highest BCUT2D eigenvalue weighted by Gasteiger charge is 2.21. The van der Waals surface area contributed by atoms with Crippen molar-refractivity contribution < 1.29 is 14.0 Å². The van der Waals surface area contributed by atoms with Crippen LogP contribution in [0.5, 0.6) is 0 Å². The van der Waals surface area contributed by atoms with E-state index in [9.17, 15) is 14.0 Å². The number of benzene rings is 2. The number of carbonyl (C=O) groups is 2. The molecule has 1 amide bonds. The molecule has 0 fully saturated rings. The molecule has 1 N–H and O–H groups in total. The lowest BCUT2D eigenvalue weighted by Gasteiger charge is -2.13. The van der Waals surface area contributed by atoms with Crippen LogP contribution in [0.25, 0.3) is 11.3 Å². The highest BCUT2D eigenvalue weighted by molar-refractivity contribution is 6.00. The molecule has 1 aromatic heterocycles. The number of amides is 1. The van der Waals surface area contributed by atoms with Gasteiger partial charge in [0.05, 0.1) is 11.6 Å². The molecular weight excluding hydrogens is 333 g/mol. The van der Waals surface area contributed by atoms with E-state index in [1.54, 1.807) is 25.2 Å². The third-order valence-corrected chi connectivity index (χ3v) is 3.98. The topological polar surface area (TPSA) is 64.0 Å². The Bertz CT molecular complexity index is 922. The molecule has 3 rings (SSSR count). The summed E-state index contributed by atoms with van der Waals surface area (Å²) in [5.41, 5.74) is 1.64. The Labute approximate surface area is 150 Å². The molecule has 5 nitrogen and oxygen atoms in total. The SMILES string of the molecule is Cn1cc(C(=O)NC(C=O)Cc2ccccc2)c(-c2ccccc2F)n1. The average molecular weight is 351 g/mol. The van der Waals surface area contributed by atoms with Crippen molar-refractivity contribution in [3.63, 3.8) is 0 Å². The van der Waals surface area contributed by atoms with E-state index in [2.05, 4.69) is 10.4 Å². The standard InChI is InChI=1S/C20H18FN3O2/c1-24-12-17(19(23-24)16-9-5-6-10-18(16)21)20(26)22-15(13-25)11-14-7-3-2-4-8-14/h2-10,12-13,15H,11H2,1H3,(H,22,26). The van der Waals surface area contributed by atoms with Crippen LogP contribution < -0.4 is 5.32 Å². The Morgan fingerprint density at radius 2 is 1.88 bits per heavy atom. The highest BCUT2D eigenvalue weighted by atomic mass is 19.1. The van der Waals surface area contributed by atoms with E-state index in [4.69, 9.17) is 0 Å². The van der Waals surface area contributed by atoms with Gasteiger partial charge in [0, 0.05) is 18.8 Å². The molecule has 0 bridgehead atoms. The maximum atomic E-state index is 14.1. The number of nitrogens with one attached hydrogen (secondary N) is 1. The largest absolute Gasteiger partial charge is 0.342 e.